The van der Waals surface area contributed by atoms with Gasteiger partial charge in [0.2, 0.25) is 0 Å². The third kappa shape index (κ3) is 0.636. The van der Waals surface area contributed by atoms with Gasteiger partial charge in [-0.2, -0.15) is 0 Å². The third-order valence-electron chi connectivity index (χ3n) is 2.97. The van der Waals surface area contributed by atoms with E-state index in [2.05, 4.69) is 10.3 Å². The van der Waals surface area contributed by atoms with Crippen LogP contribution in [0.15, 0.2) is 12.3 Å². The van der Waals surface area contributed by atoms with Crippen molar-refractivity contribution < 1.29 is 0 Å². The van der Waals surface area contributed by atoms with Crippen molar-refractivity contribution in [1.29, 1.82) is 0 Å². The predicted octanol–water partition coefficient (Wildman–Crippen LogP) is 1.12. The second kappa shape index (κ2) is 1.73. The number of nitrogen functional groups attached to an aromatic ring is 1. The molecular weight excluding hydrogens is 150 g/mol. The summed E-state index contributed by atoms with van der Waals surface area (Å²) in [4.78, 5) is 4.12. The summed E-state index contributed by atoms with van der Waals surface area (Å²) in [5.74, 6) is 0.610. The van der Waals surface area contributed by atoms with Gasteiger partial charge in [-0.25, -0.2) is 4.98 Å². The summed E-state index contributed by atoms with van der Waals surface area (Å²) in [7, 11) is 0. The minimum Gasteiger partial charge on any atom is -0.384 e. The first-order valence-electron chi connectivity index (χ1n) is 4.30. The topological polar surface area (TPSA) is 50.9 Å². The highest BCUT2D eigenvalue weighted by molar-refractivity contribution is 5.65. The van der Waals surface area contributed by atoms with Crippen molar-refractivity contribution in [2.75, 3.05) is 17.6 Å². The minimum atomic E-state index is 0.441. The lowest BCUT2D eigenvalue weighted by Crippen LogP contribution is -2.08. The van der Waals surface area contributed by atoms with E-state index in [1.807, 2.05) is 12.3 Å². The van der Waals surface area contributed by atoms with Gasteiger partial charge in [0.1, 0.15) is 5.82 Å². The fourth-order valence-corrected chi connectivity index (χ4v) is 2.00. The van der Waals surface area contributed by atoms with Crippen molar-refractivity contribution in [2.45, 2.75) is 18.3 Å². The van der Waals surface area contributed by atoms with Gasteiger partial charge in [0, 0.05) is 35.5 Å². The van der Waals surface area contributed by atoms with E-state index >= 15 is 0 Å². The number of rotatable bonds is 0. The van der Waals surface area contributed by atoms with Crippen molar-refractivity contribution in [2.24, 2.45) is 0 Å². The van der Waals surface area contributed by atoms with Gasteiger partial charge in [0.25, 0.3) is 0 Å². The van der Waals surface area contributed by atoms with Crippen LogP contribution in [0.2, 0.25) is 0 Å². The molecule has 3 nitrogen and oxygen atoms in total. The van der Waals surface area contributed by atoms with E-state index in [9.17, 15) is 0 Å². The van der Waals surface area contributed by atoms with Crippen LogP contribution in [0.1, 0.15) is 18.4 Å². The Labute approximate surface area is 71.0 Å². The van der Waals surface area contributed by atoms with Crippen molar-refractivity contribution >= 4 is 11.5 Å². The Morgan fingerprint density at radius 2 is 2.33 bits per heavy atom. The third-order valence-corrected chi connectivity index (χ3v) is 2.97. The molecule has 0 aromatic carbocycles. The Bertz CT molecular complexity index is 342. The number of nitrogens with two attached hydrogens (primary N) is 1. The highest BCUT2D eigenvalue weighted by Crippen LogP contribution is 2.54. The highest BCUT2D eigenvalue weighted by Gasteiger charge is 2.49. The molecule has 1 aliphatic carbocycles. The monoisotopic (exact) mass is 161 g/mol. The second-order valence-corrected chi connectivity index (χ2v) is 3.79. The fraction of sp³-hybridized carbons (Fsp3) is 0.444. The van der Waals surface area contributed by atoms with Crippen LogP contribution in [0.3, 0.4) is 0 Å². The SMILES string of the molecule is Nc1cc2c(cn1)C1(CC1)CN2. The molecule has 1 aromatic rings. The molecule has 1 fully saturated rings. The largest absolute Gasteiger partial charge is 0.384 e. The molecule has 1 spiro atoms. The van der Waals surface area contributed by atoms with E-state index in [1.165, 1.54) is 24.1 Å². The molecule has 3 N–H and O–H groups in total. The molecule has 1 aliphatic heterocycles. The molecule has 0 radical (unpaired) electrons. The summed E-state index contributed by atoms with van der Waals surface area (Å²) in [6, 6.07) is 1.93. The standard InChI is InChI=1S/C9H11N3/c10-8-3-7-6(4-11-8)9(1-2-9)5-12-7/h3-4,12H,1-2,5H2,(H2,10,11). The van der Waals surface area contributed by atoms with Crippen molar-refractivity contribution in [3.05, 3.63) is 17.8 Å². The number of nitrogens with one attached hydrogen (secondary N) is 1. The van der Waals surface area contributed by atoms with Crippen LogP contribution in [-0.2, 0) is 5.41 Å². The molecule has 0 atom stereocenters. The van der Waals surface area contributed by atoms with Crippen LogP contribution in [0.5, 0.6) is 0 Å². The first-order chi connectivity index (χ1) is 5.80. The Morgan fingerprint density at radius 3 is 3.08 bits per heavy atom. The van der Waals surface area contributed by atoms with Crippen LogP contribution in [0, 0.1) is 0 Å². The van der Waals surface area contributed by atoms with Gasteiger partial charge >= 0.3 is 0 Å². The summed E-state index contributed by atoms with van der Waals surface area (Å²) >= 11 is 0. The van der Waals surface area contributed by atoms with Crippen LogP contribution in [0.25, 0.3) is 0 Å². The summed E-state index contributed by atoms with van der Waals surface area (Å²) in [6.07, 6.45) is 4.54. The Balaban J connectivity index is 2.18. The van der Waals surface area contributed by atoms with Gasteiger partial charge in [-0.05, 0) is 12.8 Å². The van der Waals surface area contributed by atoms with Crippen LogP contribution in [0.4, 0.5) is 11.5 Å². The molecular formula is C9H11N3. The van der Waals surface area contributed by atoms with E-state index in [-0.39, 0.29) is 0 Å². The van der Waals surface area contributed by atoms with Crippen molar-refractivity contribution in [1.82, 2.24) is 4.98 Å². The van der Waals surface area contributed by atoms with E-state index in [1.54, 1.807) is 0 Å². The molecule has 62 valence electrons. The molecule has 12 heavy (non-hydrogen) atoms. The average Bonchev–Trinajstić information content (AvgIpc) is 2.73. The number of nitrogens with zero attached hydrogens (tertiary/aromatic N) is 1. The van der Waals surface area contributed by atoms with Gasteiger partial charge in [-0.3, -0.25) is 0 Å². The van der Waals surface area contributed by atoms with Gasteiger partial charge in [-0.15, -0.1) is 0 Å². The second-order valence-electron chi connectivity index (χ2n) is 3.79. The Hall–Kier alpha value is -1.25. The number of anilines is 2. The normalized spacial score (nSPS) is 22.0. The van der Waals surface area contributed by atoms with Gasteiger partial charge in [-0.1, -0.05) is 0 Å². The van der Waals surface area contributed by atoms with Crippen LogP contribution < -0.4 is 11.1 Å². The van der Waals surface area contributed by atoms with Gasteiger partial charge < -0.3 is 11.1 Å². The summed E-state index contributed by atoms with van der Waals surface area (Å²) in [6.45, 7) is 1.08. The Morgan fingerprint density at radius 1 is 1.50 bits per heavy atom. The minimum absolute atomic E-state index is 0.441. The molecule has 3 heteroatoms. The van der Waals surface area contributed by atoms with Crippen molar-refractivity contribution in [3.63, 3.8) is 0 Å². The molecule has 1 saturated carbocycles. The zero-order chi connectivity index (χ0) is 8.18. The van der Waals surface area contributed by atoms with E-state index < -0.39 is 0 Å². The lowest BCUT2D eigenvalue weighted by Gasteiger charge is -2.03. The predicted molar refractivity (Wildman–Crippen MR) is 48.1 cm³/mol. The lowest BCUT2D eigenvalue weighted by molar-refractivity contribution is 0.774. The zero-order valence-corrected chi connectivity index (χ0v) is 6.80. The summed E-state index contributed by atoms with van der Waals surface area (Å²) in [5, 5.41) is 3.37. The maximum absolute atomic E-state index is 5.59. The summed E-state index contributed by atoms with van der Waals surface area (Å²) < 4.78 is 0. The summed E-state index contributed by atoms with van der Waals surface area (Å²) in [5.41, 5.74) is 8.60. The highest BCUT2D eigenvalue weighted by atomic mass is 15.0. The van der Waals surface area contributed by atoms with Crippen LogP contribution in [-0.4, -0.2) is 11.5 Å². The molecule has 1 aromatic heterocycles. The maximum Gasteiger partial charge on any atom is 0.125 e. The zero-order valence-electron chi connectivity index (χ0n) is 6.80. The van der Waals surface area contributed by atoms with E-state index in [0.29, 0.717) is 11.2 Å². The fourth-order valence-electron chi connectivity index (χ4n) is 2.00. The van der Waals surface area contributed by atoms with Crippen molar-refractivity contribution in [3.8, 4) is 0 Å². The molecule has 2 aliphatic rings. The number of aromatic nitrogens is 1. The number of hydrogen-bond donors (Lipinski definition) is 2. The Kier molecular flexibility index (Phi) is 0.908. The quantitative estimate of drug-likeness (QED) is 0.599. The molecule has 0 saturated heterocycles. The first kappa shape index (κ1) is 6.29. The molecule has 3 rings (SSSR count). The maximum atomic E-state index is 5.59. The first-order valence-corrected chi connectivity index (χ1v) is 4.30. The van der Waals surface area contributed by atoms with Crippen LogP contribution >= 0.6 is 0 Å². The average molecular weight is 161 g/mol. The molecule has 2 heterocycles. The van der Waals surface area contributed by atoms with E-state index in [0.717, 1.165) is 6.54 Å². The van der Waals surface area contributed by atoms with Gasteiger partial charge in [0.05, 0.1) is 0 Å². The van der Waals surface area contributed by atoms with E-state index in [4.69, 9.17) is 5.73 Å². The number of fused-ring (bicyclic) bond motifs is 2. The molecule has 0 amide bonds. The lowest BCUT2D eigenvalue weighted by atomic mass is 10.0. The van der Waals surface area contributed by atoms with Gasteiger partial charge in [0.15, 0.2) is 0 Å². The smallest absolute Gasteiger partial charge is 0.125 e. The molecule has 0 bridgehead atoms. The number of pyridine rings is 1. The molecule has 0 unspecified atom stereocenters. The number of hydrogen-bond acceptors (Lipinski definition) is 3.